The van der Waals surface area contributed by atoms with Gasteiger partial charge in [-0.05, 0) is 6.08 Å². The highest BCUT2D eigenvalue weighted by Crippen LogP contribution is 2.33. The highest BCUT2D eigenvalue weighted by atomic mass is 19.4. The van der Waals surface area contributed by atoms with Crippen molar-refractivity contribution < 1.29 is 22.4 Å². The third-order valence-electron chi connectivity index (χ3n) is 2.33. The standard InChI is InChI=1S/C11H12F4O/c1-6(2)10(16)8-5-7(11(13,14)15)3-4-9(8)12/h3,5-6,9H,4H2,1-2H3. The van der Waals surface area contributed by atoms with E-state index in [-0.39, 0.29) is 12.0 Å². The molecule has 0 bridgehead atoms. The summed E-state index contributed by atoms with van der Waals surface area (Å²) in [6.45, 7) is 3.06. The third kappa shape index (κ3) is 2.71. The van der Waals surface area contributed by atoms with Crippen molar-refractivity contribution in [1.29, 1.82) is 0 Å². The molecule has 0 N–H and O–H groups in total. The number of allylic oxidation sites excluding steroid dienone is 4. The normalized spacial score (nSPS) is 21.8. The minimum Gasteiger partial charge on any atom is -0.294 e. The number of ketones is 1. The summed E-state index contributed by atoms with van der Waals surface area (Å²) in [5.74, 6) is -1.07. The third-order valence-corrected chi connectivity index (χ3v) is 2.33. The number of Topliss-reactive ketones (excluding diaryl/α,β-unsaturated/α-hetero) is 1. The van der Waals surface area contributed by atoms with Gasteiger partial charge in [-0.3, -0.25) is 4.79 Å². The van der Waals surface area contributed by atoms with Crippen molar-refractivity contribution in [3.05, 3.63) is 23.3 Å². The lowest BCUT2D eigenvalue weighted by molar-refractivity contribution is -0.119. The second-order valence-corrected chi connectivity index (χ2v) is 3.98. The van der Waals surface area contributed by atoms with Crippen LogP contribution in [0.1, 0.15) is 20.3 Å². The maximum Gasteiger partial charge on any atom is 0.416 e. The van der Waals surface area contributed by atoms with E-state index < -0.39 is 29.6 Å². The molecule has 5 heteroatoms. The van der Waals surface area contributed by atoms with Crippen molar-refractivity contribution >= 4 is 5.78 Å². The van der Waals surface area contributed by atoms with Gasteiger partial charge in [-0.1, -0.05) is 19.9 Å². The molecule has 0 heterocycles. The quantitative estimate of drug-likeness (QED) is 0.672. The summed E-state index contributed by atoms with van der Waals surface area (Å²) in [4.78, 5) is 11.5. The van der Waals surface area contributed by atoms with Crippen molar-refractivity contribution in [2.75, 3.05) is 0 Å². The number of halogens is 4. The van der Waals surface area contributed by atoms with Crippen LogP contribution in [0.3, 0.4) is 0 Å². The Morgan fingerprint density at radius 3 is 2.44 bits per heavy atom. The van der Waals surface area contributed by atoms with E-state index in [0.717, 1.165) is 6.08 Å². The Morgan fingerprint density at radius 1 is 1.44 bits per heavy atom. The molecule has 0 amide bonds. The molecule has 0 aromatic carbocycles. The molecule has 1 nitrogen and oxygen atoms in total. The molecule has 1 unspecified atom stereocenters. The molecule has 0 saturated heterocycles. The zero-order chi connectivity index (χ0) is 12.5. The highest BCUT2D eigenvalue weighted by molar-refractivity contribution is 5.98. The van der Waals surface area contributed by atoms with Crippen LogP contribution in [-0.2, 0) is 4.79 Å². The number of carbonyl (C=O) groups excluding carboxylic acids is 1. The molecule has 0 aromatic rings. The molecule has 16 heavy (non-hydrogen) atoms. The first kappa shape index (κ1) is 12.9. The number of rotatable bonds is 2. The van der Waals surface area contributed by atoms with E-state index in [0.29, 0.717) is 6.08 Å². The number of hydrogen-bond donors (Lipinski definition) is 0. The van der Waals surface area contributed by atoms with Crippen molar-refractivity contribution in [3.63, 3.8) is 0 Å². The summed E-state index contributed by atoms with van der Waals surface area (Å²) in [7, 11) is 0. The summed E-state index contributed by atoms with van der Waals surface area (Å²) in [6, 6.07) is 0. The van der Waals surface area contributed by atoms with Crippen LogP contribution in [0.4, 0.5) is 17.6 Å². The van der Waals surface area contributed by atoms with Crippen LogP contribution in [-0.4, -0.2) is 18.1 Å². The molecule has 90 valence electrons. The van der Waals surface area contributed by atoms with E-state index in [1.807, 2.05) is 0 Å². The van der Waals surface area contributed by atoms with E-state index in [9.17, 15) is 22.4 Å². The van der Waals surface area contributed by atoms with E-state index in [1.54, 1.807) is 0 Å². The lowest BCUT2D eigenvalue weighted by Crippen LogP contribution is -2.23. The maximum absolute atomic E-state index is 13.3. The van der Waals surface area contributed by atoms with Gasteiger partial charge in [0.2, 0.25) is 0 Å². The van der Waals surface area contributed by atoms with E-state index in [2.05, 4.69) is 0 Å². The number of alkyl halides is 4. The molecule has 0 spiro atoms. The fourth-order valence-electron chi connectivity index (χ4n) is 1.43. The van der Waals surface area contributed by atoms with Gasteiger partial charge in [-0.2, -0.15) is 13.2 Å². The fourth-order valence-corrected chi connectivity index (χ4v) is 1.43. The van der Waals surface area contributed by atoms with Crippen LogP contribution in [0.5, 0.6) is 0 Å². The second-order valence-electron chi connectivity index (χ2n) is 3.98. The largest absolute Gasteiger partial charge is 0.416 e. The van der Waals surface area contributed by atoms with Gasteiger partial charge < -0.3 is 0 Å². The predicted molar refractivity (Wildman–Crippen MR) is 51.6 cm³/mol. The molecule has 1 rings (SSSR count). The molecule has 0 radical (unpaired) electrons. The van der Waals surface area contributed by atoms with Crippen molar-refractivity contribution in [2.45, 2.75) is 32.6 Å². The second kappa shape index (κ2) is 4.39. The first-order valence-electron chi connectivity index (χ1n) is 4.90. The van der Waals surface area contributed by atoms with Crippen LogP contribution < -0.4 is 0 Å². The summed E-state index contributed by atoms with van der Waals surface area (Å²) in [6.07, 6.45) is -5.14. The zero-order valence-electron chi connectivity index (χ0n) is 8.94. The fraction of sp³-hybridized carbons (Fsp3) is 0.545. The minimum atomic E-state index is -4.53. The summed E-state index contributed by atoms with van der Waals surface area (Å²) < 4.78 is 50.4. The van der Waals surface area contributed by atoms with E-state index >= 15 is 0 Å². The minimum absolute atomic E-state index is 0.371. The molecule has 1 aliphatic carbocycles. The van der Waals surface area contributed by atoms with E-state index in [1.165, 1.54) is 13.8 Å². The lowest BCUT2D eigenvalue weighted by atomic mass is 9.90. The average Bonchev–Trinajstić information content (AvgIpc) is 2.15. The number of carbonyl (C=O) groups is 1. The molecule has 1 atom stereocenters. The van der Waals surface area contributed by atoms with Gasteiger partial charge in [0.05, 0.1) is 5.57 Å². The molecule has 1 aliphatic rings. The zero-order valence-corrected chi connectivity index (χ0v) is 8.94. The smallest absolute Gasteiger partial charge is 0.294 e. The monoisotopic (exact) mass is 236 g/mol. The summed E-state index contributed by atoms with van der Waals surface area (Å²) in [5, 5.41) is 0. The first-order chi connectivity index (χ1) is 7.23. The molecule has 0 aromatic heterocycles. The first-order valence-corrected chi connectivity index (χ1v) is 4.90. The van der Waals surface area contributed by atoms with Gasteiger partial charge in [0.1, 0.15) is 6.17 Å². The molecule has 0 fully saturated rings. The van der Waals surface area contributed by atoms with Crippen molar-refractivity contribution in [1.82, 2.24) is 0 Å². The molecular formula is C11H12F4O. The Morgan fingerprint density at radius 2 is 2.00 bits per heavy atom. The van der Waals surface area contributed by atoms with E-state index in [4.69, 9.17) is 0 Å². The maximum atomic E-state index is 13.3. The molecule has 0 aliphatic heterocycles. The van der Waals surface area contributed by atoms with Gasteiger partial charge in [-0.15, -0.1) is 0 Å². The van der Waals surface area contributed by atoms with Crippen LogP contribution >= 0.6 is 0 Å². The Bertz CT molecular complexity index is 349. The Balaban J connectivity index is 3.03. The SMILES string of the molecule is CC(C)C(=O)C1=CC(C(F)(F)F)=CCC1F. The van der Waals surface area contributed by atoms with Gasteiger partial charge in [0.25, 0.3) is 0 Å². The van der Waals surface area contributed by atoms with Crippen LogP contribution in [0.15, 0.2) is 23.3 Å². The predicted octanol–water partition coefficient (Wildman–Crippen LogP) is 3.37. The lowest BCUT2D eigenvalue weighted by Gasteiger charge is -2.19. The van der Waals surface area contributed by atoms with Gasteiger partial charge in [0.15, 0.2) is 5.78 Å². The Labute approximate surface area is 90.8 Å². The van der Waals surface area contributed by atoms with Crippen LogP contribution in [0, 0.1) is 5.92 Å². The van der Waals surface area contributed by atoms with Gasteiger partial charge >= 0.3 is 6.18 Å². The van der Waals surface area contributed by atoms with Crippen LogP contribution in [0.2, 0.25) is 0 Å². The van der Waals surface area contributed by atoms with Gasteiger partial charge in [0, 0.05) is 17.9 Å². The summed E-state index contributed by atoms with van der Waals surface area (Å²) >= 11 is 0. The van der Waals surface area contributed by atoms with Crippen LogP contribution in [0.25, 0.3) is 0 Å². The number of hydrogen-bond acceptors (Lipinski definition) is 1. The van der Waals surface area contributed by atoms with Crippen molar-refractivity contribution in [2.24, 2.45) is 5.92 Å². The topological polar surface area (TPSA) is 17.1 Å². The molecule has 0 saturated carbocycles. The summed E-state index contributed by atoms with van der Waals surface area (Å²) in [5.41, 5.74) is -1.31. The van der Waals surface area contributed by atoms with Crippen molar-refractivity contribution in [3.8, 4) is 0 Å². The average molecular weight is 236 g/mol. The highest BCUT2D eigenvalue weighted by Gasteiger charge is 2.36. The Hall–Kier alpha value is -1.13. The van der Waals surface area contributed by atoms with Gasteiger partial charge in [-0.25, -0.2) is 4.39 Å². The molecular weight excluding hydrogens is 224 g/mol. The Kier molecular flexibility index (Phi) is 3.55.